The summed E-state index contributed by atoms with van der Waals surface area (Å²) in [5.74, 6) is -0.508. The molecule has 2 heterocycles. The lowest BCUT2D eigenvalue weighted by molar-refractivity contribution is -0.607. The highest BCUT2D eigenvalue weighted by Gasteiger charge is 2.17. The van der Waals surface area contributed by atoms with Crippen LogP contribution in [0.5, 0.6) is 0 Å². The summed E-state index contributed by atoms with van der Waals surface area (Å²) in [5.41, 5.74) is 1.35. The Kier molecular flexibility index (Phi) is 4.71. The van der Waals surface area contributed by atoms with Crippen molar-refractivity contribution < 1.29 is 14.3 Å². The van der Waals surface area contributed by atoms with E-state index in [1.807, 2.05) is 13.0 Å². The number of ether oxygens (including phenoxy) is 1. The first-order valence-electron chi connectivity index (χ1n) is 6.76. The van der Waals surface area contributed by atoms with Crippen molar-refractivity contribution in [2.24, 2.45) is 0 Å². The second-order valence-corrected chi connectivity index (χ2v) is 4.26. The van der Waals surface area contributed by atoms with E-state index in [2.05, 4.69) is 5.10 Å². The summed E-state index contributed by atoms with van der Waals surface area (Å²) in [6.07, 6.45) is 6.39. The van der Waals surface area contributed by atoms with Crippen molar-refractivity contribution in [2.45, 2.75) is 20.4 Å². The Bertz CT molecular complexity index is 662. The summed E-state index contributed by atoms with van der Waals surface area (Å²) in [5, 5.41) is 16.0. The summed E-state index contributed by atoms with van der Waals surface area (Å²) >= 11 is 0. The van der Waals surface area contributed by atoms with Crippen LogP contribution >= 0.6 is 0 Å². The van der Waals surface area contributed by atoms with Crippen molar-refractivity contribution in [3.63, 3.8) is 0 Å². The molecule has 21 heavy (non-hydrogen) atoms. The number of carbonyl (C=O) groups excluding carboxylic acids is 1. The van der Waals surface area contributed by atoms with Crippen LogP contribution in [0.25, 0.3) is 12.2 Å². The van der Waals surface area contributed by atoms with Crippen LogP contribution in [-0.2, 0) is 11.3 Å². The monoisotopic (exact) mass is 287 g/mol. The molecule has 0 aliphatic rings. The van der Waals surface area contributed by atoms with Gasteiger partial charge in [-0.25, -0.2) is 4.79 Å². The number of aryl methyl sites for hydroxylation is 1. The third kappa shape index (κ3) is 3.28. The van der Waals surface area contributed by atoms with E-state index < -0.39 is 5.97 Å². The van der Waals surface area contributed by atoms with Gasteiger partial charge in [-0.2, -0.15) is 9.83 Å². The molecule has 0 atom stereocenters. The van der Waals surface area contributed by atoms with Gasteiger partial charge in [-0.15, -0.1) is 0 Å². The molecule has 110 valence electrons. The molecule has 0 saturated carbocycles. The zero-order valence-corrected chi connectivity index (χ0v) is 12.0. The lowest BCUT2D eigenvalue weighted by Crippen LogP contribution is -2.31. The highest BCUT2D eigenvalue weighted by Crippen LogP contribution is 2.11. The molecular formula is C15H17N3O3. The molecule has 0 aliphatic heterocycles. The van der Waals surface area contributed by atoms with E-state index >= 15 is 0 Å². The van der Waals surface area contributed by atoms with Gasteiger partial charge in [-0.05, 0) is 32.1 Å². The van der Waals surface area contributed by atoms with Crippen LogP contribution in [0.4, 0.5) is 0 Å². The predicted octanol–water partition coefficient (Wildman–Crippen LogP) is 1.88. The zero-order chi connectivity index (χ0) is 15.2. The SMILES string of the molecule is CCOC(=O)c1ccc[n+]([O-])c1/C=C/c1ccnn1CC. The molecule has 0 amide bonds. The van der Waals surface area contributed by atoms with Crippen molar-refractivity contribution >= 4 is 18.1 Å². The third-order valence-corrected chi connectivity index (χ3v) is 2.95. The molecule has 0 fully saturated rings. The number of aromatic nitrogens is 3. The van der Waals surface area contributed by atoms with Gasteiger partial charge in [0.05, 0.1) is 12.3 Å². The molecule has 0 aromatic carbocycles. The average Bonchev–Trinajstić information content (AvgIpc) is 2.93. The Morgan fingerprint density at radius 1 is 1.43 bits per heavy atom. The molecule has 6 nitrogen and oxygen atoms in total. The van der Waals surface area contributed by atoms with E-state index in [0.29, 0.717) is 4.73 Å². The van der Waals surface area contributed by atoms with Gasteiger partial charge in [0.25, 0.3) is 0 Å². The van der Waals surface area contributed by atoms with E-state index in [1.165, 1.54) is 12.3 Å². The van der Waals surface area contributed by atoms with Gasteiger partial charge in [0.15, 0.2) is 6.20 Å². The maximum atomic E-state index is 11.9. The van der Waals surface area contributed by atoms with Gasteiger partial charge >= 0.3 is 5.97 Å². The number of nitrogens with zero attached hydrogens (tertiary/aromatic N) is 3. The summed E-state index contributed by atoms with van der Waals surface area (Å²) in [6, 6.07) is 4.93. The molecule has 6 heteroatoms. The average molecular weight is 287 g/mol. The zero-order valence-electron chi connectivity index (χ0n) is 12.0. The van der Waals surface area contributed by atoms with Crippen LogP contribution in [0.3, 0.4) is 0 Å². The van der Waals surface area contributed by atoms with Crippen molar-refractivity contribution in [3.8, 4) is 0 Å². The standard InChI is InChI=1S/C15H17N3O3/c1-3-17-12(9-10-16-17)7-8-14-13(15(19)21-4-2)6-5-11-18(14)20/h5-11H,3-4H2,1-2H3/b8-7+. The van der Waals surface area contributed by atoms with E-state index in [0.717, 1.165) is 12.2 Å². The lowest BCUT2D eigenvalue weighted by Gasteiger charge is -2.06. The molecule has 0 unspecified atom stereocenters. The smallest absolute Gasteiger partial charge is 0.344 e. The lowest BCUT2D eigenvalue weighted by atomic mass is 10.1. The predicted molar refractivity (Wildman–Crippen MR) is 78.2 cm³/mol. The maximum Gasteiger partial charge on any atom is 0.344 e. The summed E-state index contributed by atoms with van der Waals surface area (Å²) in [7, 11) is 0. The molecular weight excluding hydrogens is 270 g/mol. The van der Waals surface area contributed by atoms with Crippen molar-refractivity contribution in [2.75, 3.05) is 6.61 Å². The fourth-order valence-electron chi connectivity index (χ4n) is 1.96. The van der Waals surface area contributed by atoms with E-state index in [-0.39, 0.29) is 17.9 Å². The van der Waals surface area contributed by atoms with E-state index in [1.54, 1.807) is 36.0 Å². The van der Waals surface area contributed by atoms with Gasteiger partial charge < -0.3 is 9.94 Å². The molecule has 2 aromatic rings. The Morgan fingerprint density at radius 3 is 2.95 bits per heavy atom. The van der Waals surface area contributed by atoms with Crippen LogP contribution < -0.4 is 4.73 Å². The number of carbonyl (C=O) groups is 1. The molecule has 0 N–H and O–H groups in total. The Balaban J connectivity index is 2.37. The van der Waals surface area contributed by atoms with Crippen molar-refractivity contribution in [1.82, 2.24) is 9.78 Å². The Hall–Kier alpha value is -2.63. The van der Waals surface area contributed by atoms with E-state index in [9.17, 15) is 10.0 Å². The topological polar surface area (TPSA) is 71.1 Å². The normalized spacial score (nSPS) is 11.0. The molecule has 0 aliphatic carbocycles. The molecule has 2 aromatic heterocycles. The minimum atomic E-state index is -0.508. The van der Waals surface area contributed by atoms with Crippen LogP contribution in [0.15, 0.2) is 30.6 Å². The number of esters is 1. The maximum absolute atomic E-state index is 11.9. The number of hydrogen-bond acceptors (Lipinski definition) is 4. The molecule has 0 bridgehead atoms. The fraction of sp³-hybridized carbons (Fsp3) is 0.267. The van der Waals surface area contributed by atoms with Crippen LogP contribution in [0.2, 0.25) is 0 Å². The highest BCUT2D eigenvalue weighted by molar-refractivity contribution is 5.93. The van der Waals surface area contributed by atoms with Gasteiger partial charge in [0.1, 0.15) is 5.56 Å². The second-order valence-electron chi connectivity index (χ2n) is 4.26. The van der Waals surface area contributed by atoms with Gasteiger partial charge in [0, 0.05) is 24.9 Å². The minimum Gasteiger partial charge on any atom is -0.618 e. The third-order valence-electron chi connectivity index (χ3n) is 2.95. The van der Waals surface area contributed by atoms with Crippen molar-refractivity contribution in [1.29, 1.82) is 0 Å². The molecule has 2 rings (SSSR count). The van der Waals surface area contributed by atoms with Gasteiger partial charge in [-0.1, -0.05) is 0 Å². The van der Waals surface area contributed by atoms with E-state index in [4.69, 9.17) is 4.74 Å². The second kappa shape index (κ2) is 6.69. The largest absolute Gasteiger partial charge is 0.618 e. The van der Waals surface area contributed by atoms with Crippen LogP contribution in [0.1, 0.15) is 35.6 Å². The Labute approximate surface area is 122 Å². The summed E-state index contributed by atoms with van der Waals surface area (Å²) in [4.78, 5) is 11.9. The summed E-state index contributed by atoms with van der Waals surface area (Å²) < 4.78 is 7.40. The van der Waals surface area contributed by atoms with Gasteiger partial charge in [-0.3, -0.25) is 4.68 Å². The molecule has 0 saturated heterocycles. The number of rotatable bonds is 5. The Morgan fingerprint density at radius 2 is 2.24 bits per heavy atom. The number of hydrogen-bond donors (Lipinski definition) is 0. The number of pyridine rings is 1. The molecule has 0 spiro atoms. The first kappa shape index (κ1) is 14.8. The first-order chi connectivity index (χ1) is 10.2. The fourth-order valence-corrected chi connectivity index (χ4v) is 1.96. The quantitative estimate of drug-likeness (QED) is 0.478. The van der Waals surface area contributed by atoms with Crippen molar-refractivity contribution in [3.05, 3.63) is 52.8 Å². The highest BCUT2D eigenvalue weighted by atomic mass is 16.5. The summed E-state index contributed by atoms with van der Waals surface area (Å²) in [6.45, 7) is 4.69. The molecule has 0 radical (unpaired) electrons. The van der Waals surface area contributed by atoms with Crippen LogP contribution in [0, 0.1) is 5.21 Å². The van der Waals surface area contributed by atoms with Crippen LogP contribution in [-0.4, -0.2) is 22.4 Å². The van der Waals surface area contributed by atoms with Gasteiger partial charge in [0.2, 0.25) is 5.69 Å². The minimum absolute atomic E-state index is 0.244. The first-order valence-corrected chi connectivity index (χ1v) is 6.76.